The van der Waals surface area contributed by atoms with E-state index in [4.69, 9.17) is 21.1 Å². The highest BCUT2D eigenvalue weighted by molar-refractivity contribution is 6.76. The second kappa shape index (κ2) is 8.38. The van der Waals surface area contributed by atoms with E-state index in [0.29, 0.717) is 30.7 Å². The van der Waals surface area contributed by atoms with Gasteiger partial charge in [0.1, 0.15) is 29.3 Å². The van der Waals surface area contributed by atoms with Crippen LogP contribution in [0.2, 0.25) is 30.8 Å². The summed E-state index contributed by atoms with van der Waals surface area (Å²) in [4.78, 5) is 20.5. The summed E-state index contributed by atoms with van der Waals surface area (Å²) in [5.41, 5.74) is 1.51. The molecule has 0 saturated carbocycles. The second-order valence-corrected chi connectivity index (χ2v) is 14.7. The molecule has 3 rings (SSSR count). The number of nitrogens with zero attached hydrogens (tertiary/aromatic N) is 3. The summed E-state index contributed by atoms with van der Waals surface area (Å²) in [5, 5.41) is 3.18. The van der Waals surface area contributed by atoms with Crippen molar-refractivity contribution < 1.29 is 14.3 Å². The number of hydrogen-bond acceptors (Lipinski definition) is 5. The molecule has 1 aliphatic heterocycles. The van der Waals surface area contributed by atoms with Gasteiger partial charge in [-0.3, -0.25) is 9.36 Å². The first-order valence-electron chi connectivity index (χ1n) is 9.68. The van der Waals surface area contributed by atoms with E-state index in [-0.39, 0.29) is 17.9 Å². The molecule has 28 heavy (non-hydrogen) atoms. The van der Waals surface area contributed by atoms with Crippen LogP contribution in [0.3, 0.4) is 0 Å². The lowest BCUT2D eigenvalue weighted by Crippen LogP contribution is -2.26. The fraction of sp³-hybridized carbons (Fsp3) is 0.632. The van der Waals surface area contributed by atoms with Crippen LogP contribution in [0.15, 0.2) is 6.07 Å². The molecule has 0 bridgehead atoms. The van der Waals surface area contributed by atoms with Crippen molar-refractivity contribution in [1.82, 2.24) is 19.9 Å². The van der Waals surface area contributed by atoms with Crippen LogP contribution in [0.25, 0.3) is 11.0 Å². The van der Waals surface area contributed by atoms with E-state index in [9.17, 15) is 4.79 Å². The maximum atomic E-state index is 11.5. The Morgan fingerprint density at radius 2 is 2.14 bits per heavy atom. The van der Waals surface area contributed by atoms with Crippen molar-refractivity contribution in [2.24, 2.45) is 5.92 Å². The number of carbonyl (C=O) groups excluding carboxylic acids is 1. The van der Waals surface area contributed by atoms with E-state index in [1.165, 1.54) is 0 Å². The molecule has 0 aromatic carbocycles. The minimum absolute atomic E-state index is 0.0568. The van der Waals surface area contributed by atoms with Crippen LogP contribution in [0.1, 0.15) is 19.2 Å². The molecule has 1 N–H and O–H groups in total. The number of aromatic nitrogens is 3. The molecular formula is C19H29ClN4O3Si. The lowest BCUT2D eigenvalue weighted by atomic mass is 10.0. The van der Waals surface area contributed by atoms with Crippen LogP contribution in [0.5, 0.6) is 5.88 Å². The zero-order valence-electron chi connectivity index (χ0n) is 17.2. The first kappa shape index (κ1) is 21.1. The number of aryl methyl sites for hydroxylation is 1. The quantitative estimate of drug-likeness (QED) is 0.398. The molecule has 2 aromatic rings. The van der Waals surface area contributed by atoms with Gasteiger partial charge in [-0.15, -0.1) is 0 Å². The second-order valence-electron chi connectivity index (χ2n) is 8.64. The number of rotatable bonds is 8. The predicted molar refractivity (Wildman–Crippen MR) is 113 cm³/mol. The average molecular weight is 425 g/mol. The SMILES string of the molecule is Cc1nc2cc(Cl)nc(O[C@H](C)[C@H]3CNC(=O)C3)c2n1COCC[Si](C)(C)C. The maximum absolute atomic E-state index is 11.5. The Balaban J connectivity index is 1.82. The molecule has 0 radical (unpaired) electrons. The Kier molecular flexibility index (Phi) is 6.31. The molecule has 1 amide bonds. The standard InChI is InChI=1S/C19H29ClN4O3Si/c1-12(14-8-17(25)21-10-14)27-19-18-15(9-16(20)23-19)22-13(2)24(18)11-26-6-7-28(3,4)5/h9,12,14H,6-8,10-11H2,1-5H3,(H,21,25)/t12-,14-/m1/s1. The Bertz CT molecular complexity index is 865. The Morgan fingerprint density at radius 3 is 2.79 bits per heavy atom. The number of nitrogens with one attached hydrogen (secondary N) is 1. The Labute approximate surface area is 171 Å². The molecule has 2 aromatic heterocycles. The fourth-order valence-electron chi connectivity index (χ4n) is 3.21. The summed E-state index contributed by atoms with van der Waals surface area (Å²) in [5.74, 6) is 1.42. The molecule has 1 fully saturated rings. The van der Waals surface area contributed by atoms with Crippen LogP contribution < -0.4 is 10.1 Å². The Hall–Kier alpha value is -1.64. The van der Waals surface area contributed by atoms with Crippen molar-refractivity contribution >= 4 is 36.6 Å². The summed E-state index contributed by atoms with van der Waals surface area (Å²) in [6, 6.07) is 2.84. The van der Waals surface area contributed by atoms with Crippen LogP contribution in [-0.2, 0) is 16.3 Å². The number of carbonyl (C=O) groups is 1. The number of hydrogen-bond donors (Lipinski definition) is 1. The predicted octanol–water partition coefficient (Wildman–Crippen LogP) is 3.61. The van der Waals surface area contributed by atoms with Crippen LogP contribution in [0, 0.1) is 12.8 Å². The third-order valence-electron chi connectivity index (χ3n) is 5.04. The van der Waals surface area contributed by atoms with Gasteiger partial charge in [-0.2, -0.15) is 4.98 Å². The smallest absolute Gasteiger partial charge is 0.242 e. The molecular weight excluding hydrogens is 396 g/mol. The normalized spacial score (nSPS) is 18.5. The van der Waals surface area contributed by atoms with Gasteiger partial charge in [-0.25, -0.2) is 4.98 Å². The maximum Gasteiger partial charge on any atom is 0.242 e. The molecule has 7 nitrogen and oxygen atoms in total. The van der Waals surface area contributed by atoms with E-state index < -0.39 is 8.07 Å². The molecule has 1 saturated heterocycles. The van der Waals surface area contributed by atoms with E-state index in [0.717, 1.165) is 29.5 Å². The van der Waals surface area contributed by atoms with E-state index in [2.05, 4.69) is 34.9 Å². The van der Waals surface area contributed by atoms with Crippen LogP contribution in [-0.4, -0.2) is 47.8 Å². The van der Waals surface area contributed by atoms with Crippen molar-refractivity contribution in [3.05, 3.63) is 17.0 Å². The zero-order chi connectivity index (χ0) is 20.5. The highest BCUT2D eigenvalue weighted by Gasteiger charge is 2.29. The van der Waals surface area contributed by atoms with Crippen LogP contribution >= 0.6 is 11.6 Å². The van der Waals surface area contributed by atoms with Gasteiger partial charge in [-0.1, -0.05) is 31.2 Å². The van der Waals surface area contributed by atoms with Gasteiger partial charge in [-0.05, 0) is 19.9 Å². The van der Waals surface area contributed by atoms with Crippen molar-refractivity contribution in [3.8, 4) is 5.88 Å². The van der Waals surface area contributed by atoms with Gasteiger partial charge in [0, 0.05) is 39.6 Å². The van der Waals surface area contributed by atoms with Crippen molar-refractivity contribution in [2.45, 2.75) is 58.8 Å². The van der Waals surface area contributed by atoms with Crippen molar-refractivity contribution in [3.63, 3.8) is 0 Å². The Morgan fingerprint density at radius 1 is 1.39 bits per heavy atom. The molecule has 2 atom stereocenters. The minimum Gasteiger partial charge on any atom is -0.473 e. The number of pyridine rings is 1. The zero-order valence-corrected chi connectivity index (χ0v) is 19.0. The number of amides is 1. The molecule has 0 spiro atoms. The first-order chi connectivity index (χ1) is 13.1. The number of fused-ring (bicyclic) bond motifs is 1. The minimum atomic E-state index is -1.15. The summed E-state index contributed by atoms with van der Waals surface area (Å²) >= 11 is 6.20. The summed E-state index contributed by atoms with van der Waals surface area (Å²) in [7, 11) is -1.15. The monoisotopic (exact) mass is 424 g/mol. The van der Waals surface area contributed by atoms with Crippen molar-refractivity contribution in [2.75, 3.05) is 13.2 Å². The van der Waals surface area contributed by atoms with E-state index >= 15 is 0 Å². The third kappa shape index (κ3) is 5.04. The van der Waals surface area contributed by atoms with Gasteiger partial charge in [0.05, 0.1) is 5.52 Å². The largest absolute Gasteiger partial charge is 0.473 e. The van der Waals surface area contributed by atoms with Gasteiger partial charge < -0.3 is 14.8 Å². The molecule has 3 heterocycles. The van der Waals surface area contributed by atoms with Gasteiger partial charge in [0.15, 0.2) is 0 Å². The summed E-state index contributed by atoms with van der Waals surface area (Å²) < 4.78 is 14.1. The van der Waals surface area contributed by atoms with E-state index in [1.807, 2.05) is 18.4 Å². The number of ether oxygens (including phenoxy) is 2. The number of imidazole rings is 1. The number of halogens is 1. The highest BCUT2D eigenvalue weighted by Crippen LogP contribution is 2.30. The van der Waals surface area contributed by atoms with Crippen LogP contribution in [0.4, 0.5) is 0 Å². The van der Waals surface area contributed by atoms with Crippen molar-refractivity contribution in [1.29, 1.82) is 0 Å². The topological polar surface area (TPSA) is 78.3 Å². The molecule has 0 unspecified atom stereocenters. The lowest BCUT2D eigenvalue weighted by molar-refractivity contribution is -0.119. The molecule has 154 valence electrons. The molecule has 1 aliphatic rings. The van der Waals surface area contributed by atoms with E-state index in [1.54, 1.807) is 6.07 Å². The van der Waals surface area contributed by atoms with Gasteiger partial charge in [0.2, 0.25) is 11.8 Å². The average Bonchev–Trinajstić information content (AvgIpc) is 3.14. The lowest BCUT2D eigenvalue weighted by Gasteiger charge is -2.20. The third-order valence-corrected chi connectivity index (χ3v) is 6.94. The summed E-state index contributed by atoms with van der Waals surface area (Å²) in [6.45, 7) is 12.6. The fourth-order valence-corrected chi connectivity index (χ4v) is 4.15. The van der Waals surface area contributed by atoms with Gasteiger partial charge >= 0.3 is 0 Å². The molecule has 9 heteroatoms. The summed E-state index contributed by atoms with van der Waals surface area (Å²) in [6.07, 6.45) is 0.285. The van der Waals surface area contributed by atoms with Gasteiger partial charge in [0.25, 0.3) is 0 Å². The highest BCUT2D eigenvalue weighted by atomic mass is 35.5. The first-order valence-corrected chi connectivity index (χ1v) is 13.8. The molecule has 0 aliphatic carbocycles.